The van der Waals surface area contributed by atoms with E-state index in [0.29, 0.717) is 39.3 Å². The fraction of sp³-hybridized carbons (Fsp3) is 0.250. The number of rotatable bonds is 12. The van der Waals surface area contributed by atoms with E-state index in [4.69, 9.17) is 0 Å². The molecule has 11 rings (SSSR count). The van der Waals surface area contributed by atoms with Gasteiger partial charge in [0.15, 0.2) is 0 Å². The lowest BCUT2D eigenvalue weighted by atomic mass is 10.0. The van der Waals surface area contributed by atoms with Crippen molar-refractivity contribution < 1.29 is 26.3 Å². The van der Waals surface area contributed by atoms with Crippen molar-refractivity contribution in [1.82, 2.24) is 29.4 Å². The first-order chi connectivity index (χ1) is 29.2. The van der Waals surface area contributed by atoms with E-state index in [1.54, 1.807) is 36.4 Å². The summed E-state index contributed by atoms with van der Waals surface area (Å²) < 4.78 is 90.2. The maximum absolute atomic E-state index is 15.0. The third kappa shape index (κ3) is 7.31. The van der Waals surface area contributed by atoms with Crippen LogP contribution in [0.2, 0.25) is 0 Å². The van der Waals surface area contributed by atoms with E-state index < -0.39 is 37.0 Å². The van der Waals surface area contributed by atoms with Gasteiger partial charge in [-0.15, -0.1) is 0 Å². The lowest BCUT2D eigenvalue weighted by Gasteiger charge is -2.56. The largest absolute Gasteiger partial charge is 0.262 e. The standard InChI is InChI=1S/C48H42F6N6/c49-37-13-1-7-31(19-37)25-55-43-44-56(26-32-8-2-14-38(50)20-32)47(55)48-57(27-33-9-3-15-39(51)21-33)45(59(43)29-35-11-5-17-41(53)23-35)46(58(48)28-34-10-4-16-40(52)22-34)60(44)30-36-12-6-18-42(54)24-36/h1-24,43-48H,25-30H2. The molecule has 0 saturated carbocycles. The Morgan fingerprint density at radius 3 is 0.533 bits per heavy atom. The molecule has 0 N–H and O–H groups in total. The van der Waals surface area contributed by atoms with Gasteiger partial charge in [0.05, 0.1) is 37.0 Å². The number of hydrogen-bond acceptors (Lipinski definition) is 6. The van der Waals surface area contributed by atoms with E-state index in [9.17, 15) is 0 Å². The van der Waals surface area contributed by atoms with Gasteiger partial charge in [-0.2, -0.15) is 0 Å². The number of piperazine rings is 1. The fourth-order valence-corrected chi connectivity index (χ4v) is 10.3. The van der Waals surface area contributed by atoms with E-state index in [1.165, 1.54) is 72.8 Å². The first-order valence-corrected chi connectivity index (χ1v) is 20.2. The van der Waals surface area contributed by atoms with Crippen LogP contribution < -0.4 is 0 Å². The van der Waals surface area contributed by atoms with E-state index in [-0.39, 0.29) is 34.9 Å². The van der Waals surface area contributed by atoms with Crippen molar-refractivity contribution in [3.8, 4) is 0 Å². The van der Waals surface area contributed by atoms with E-state index in [2.05, 4.69) is 29.4 Å². The van der Waals surface area contributed by atoms with Crippen LogP contribution in [-0.4, -0.2) is 66.4 Å². The molecule has 6 aromatic carbocycles. The molecule has 306 valence electrons. The number of halogens is 6. The molecular weight excluding hydrogens is 775 g/mol. The Bertz CT molecular complexity index is 2230. The average Bonchev–Trinajstić information content (AvgIpc) is 3.62. The maximum atomic E-state index is 15.0. The van der Waals surface area contributed by atoms with Gasteiger partial charge in [0, 0.05) is 39.3 Å². The van der Waals surface area contributed by atoms with Crippen LogP contribution >= 0.6 is 0 Å². The Balaban J connectivity index is 1.23. The molecule has 0 atom stereocenters. The third-order valence-corrected chi connectivity index (χ3v) is 12.4. The number of benzene rings is 6. The minimum absolute atomic E-state index is 0.312. The molecule has 5 saturated heterocycles. The van der Waals surface area contributed by atoms with Crippen LogP contribution in [0.1, 0.15) is 33.4 Å². The topological polar surface area (TPSA) is 19.4 Å². The van der Waals surface area contributed by atoms with Crippen molar-refractivity contribution in [3.05, 3.63) is 214 Å². The van der Waals surface area contributed by atoms with Gasteiger partial charge in [-0.1, -0.05) is 72.8 Å². The van der Waals surface area contributed by atoms with Crippen molar-refractivity contribution in [1.29, 1.82) is 0 Å². The summed E-state index contributed by atoms with van der Waals surface area (Å²) in [4.78, 5) is 14.2. The van der Waals surface area contributed by atoms with Gasteiger partial charge in [-0.3, -0.25) is 29.4 Å². The second-order valence-electron chi connectivity index (χ2n) is 16.3. The summed E-state index contributed by atoms with van der Waals surface area (Å²) in [5, 5.41) is 0. The highest BCUT2D eigenvalue weighted by Crippen LogP contribution is 2.54. The predicted molar refractivity (Wildman–Crippen MR) is 214 cm³/mol. The Kier molecular flexibility index (Phi) is 10.3. The zero-order valence-corrected chi connectivity index (χ0v) is 32.5. The molecule has 5 aliphatic rings. The molecule has 0 radical (unpaired) electrons. The van der Waals surface area contributed by atoms with Gasteiger partial charge in [0.25, 0.3) is 0 Å². The van der Waals surface area contributed by atoms with Crippen LogP contribution in [0.25, 0.3) is 0 Å². The molecule has 0 aromatic heterocycles. The monoisotopic (exact) mass is 816 g/mol. The molecular formula is C48H42F6N6. The molecule has 0 spiro atoms. The molecule has 6 aromatic rings. The second-order valence-corrected chi connectivity index (χ2v) is 16.3. The zero-order chi connectivity index (χ0) is 41.1. The minimum atomic E-state index is -0.462. The van der Waals surface area contributed by atoms with Crippen LogP contribution in [0, 0.1) is 34.9 Å². The average molecular weight is 817 g/mol. The molecule has 6 nitrogen and oxygen atoms in total. The van der Waals surface area contributed by atoms with Gasteiger partial charge in [-0.25, -0.2) is 26.3 Å². The fourth-order valence-electron chi connectivity index (χ4n) is 10.3. The van der Waals surface area contributed by atoms with E-state index in [0.717, 1.165) is 33.4 Å². The molecule has 60 heavy (non-hydrogen) atoms. The summed E-state index contributed by atoms with van der Waals surface area (Å²) in [7, 11) is 0. The first-order valence-electron chi connectivity index (χ1n) is 20.2. The summed E-state index contributed by atoms with van der Waals surface area (Å²) in [6.07, 6.45) is -2.59. The first kappa shape index (κ1) is 38.8. The molecule has 5 fully saturated rings. The summed E-state index contributed by atoms with van der Waals surface area (Å²) in [6.45, 7) is 1.87. The maximum Gasteiger partial charge on any atom is 0.123 e. The minimum Gasteiger partial charge on any atom is -0.262 e. The van der Waals surface area contributed by atoms with Crippen LogP contribution in [0.3, 0.4) is 0 Å². The number of hydrogen-bond donors (Lipinski definition) is 0. The number of nitrogens with zero attached hydrogens (tertiary/aromatic N) is 6. The molecule has 0 unspecified atom stereocenters. The van der Waals surface area contributed by atoms with Crippen LogP contribution in [-0.2, 0) is 39.3 Å². The molecule has 12 heteroatoms. The van der Waals surface area contributed by atoms with Crippen molar-refractivity contribution in [2.45, 2.75) is 76.3 Å². The predicted octanol–water partition coefficient (Wildman–Crippen LogP) is 8.85. The summed E-state index contributed by atoms with van der Waals surface area (Å²) >= 11 is 0. The smallest absolute Gasteiger partial charge is 0.123 e. The van der Waals surface area contributed by atoms with Gasteiger partial charge in [0.2, 0.25) is 0 Å². The Labute approximate surface area is 345 Å². The van der Waals surface area contributed by atoms with Crippen molar-refractivity contribution in [3.63, 3.8) is 0 Å². The highest BCUT2D eigenvalue weighted by Gasteiger charge is 2.71. The van der Waals surface area contributed by atoms with Crippen LogP contribution in [0.15, 0.2) is 146 Å². The van der Waals surface area contributed by atoms with Crippen molar-refractivity contribution in [2.75, 3.05) is 0 Å². The highest BCUT2D eigenvalue weighted by molar-refractivity contribution is 5.29. The molecule has 0 amide bonds. The van der Waals surface area contributed by atoms with Crippen LogP contribution in [0.5, 0.6) is 0 Å². The third-order valence-electron chi connectivity index (χ3n) is 12.4. The van der Waals surface area contributed by atoms with Crippen molar-refractivity contribution >= 4 is 0 Å². The molecule has 5 aliphatic heterocycles. The van der Waals surface area contributed by atoms with Gasteiger partial charge < -0.3 is 0 Å². The van der Waals surface area contributed by atoms with Gasteiger partial charge in [0.1, 0.15) is 34.9 Å². The molecule has 6 bridgehead atoms. The highest BCUT2D eigenvalue weighted by atomic mass is 19.1. The Morgan fingerprint density at radius 2 is 0.400 bits per heavy atom. The SMILES string of the molecule is Fc1cccc(CN2C3C4N(Cc5cccc(F)c5)C2C2N(Cc5cccc(F)c5)C(C(N2Cc2cccc(F)c2)N4Cc2cccc(F)c2)N3Cc2cccc(F)c2)c1. The molecule has 0 aliphatic carbocycles. The zero-order valence-electron chi connectivity index (χ0n) is 32.5. The normalized spacial score (nSPS) is 24.5. The van der Waals surface area contributed by atoms with Crippen molar-refractivity contribution in [2.24, 2.45) is 0 Å². The lowest BCUT2D eigenvalue weighted by Crippen LogP contribution is -2.73. The van der Waals surface area contributed by atoms with Gasteiger partial charge >= 0.3 is 0 Å². The summed E-state index contributed by atoms with van der Waals surface area (Å²) in [6, 6.07) is 39.1. The summed E-state index contributed by atoms with van der Waals surface area (Å²) in [5.41, 5.74) is 4.43. The Hall–Kier alpha value is -5.34. The second kappa shape index (κ2) is 15.9. The van der Waals surface area contributed by atoms with E-state index in [1.807, 2.05) is 36.4 Å². The van der Waals surface area contributed by atoms with Crippen LogP contribution in [0.4, 0.5) is 26.3 Å². The summed E-state index contributed by atoms with van der Waals surface area (Å²) in [5.74, 6) is -2.24. The van der Waals surface area contributed by atoms with Gasteiger partial charge in [-0.05, 0) is 106 Å². The quantitative estimate of drug-likeness (QED) is 0.114. The molecule has 5 heterocycles. The lowest BCUT2D eigenvalue weighted by molar-refractivity contribution is -0.166. The van der Waals surface area contributed by atoms with E-state index >= 15 is 26.3 Å². The Morgan fingerprint density at radius 1 is 0.250 bits per heavy atom.